The second-order valence-corrected chi connectivity index (χ2v) is 6.01. The van der Waals surface area contributed by atoms with Crippen molar-refractivity contribution in [3.05, 3.63) is 58.3 Å². The number of esters is 1. The molecule has 0 bridgehead atoms. The van der Waals surface area contributed by atoms with Gasteiger partial charge in [-0.2, -0.15) is 4.68 Å². The Balaban J connectivity index is 1.53. The second-order valence-electron chi connectivity index (χ2n) is 5.16. The fourth-order valence-corrected chi connectivity index (χ4v) is 3.05. The largest absolute Gasteiger partial charge is 0.457 e. The molecule has 0 N–H and O–H groups in total. The summed E-state index contributed by atoms with van der Waals surface area (Å²) in [5.74, 6) is 0.800. The van der Waals surface area contributed by atoms with Crippen molar-refractivity contribution < 1.29 is 19.0 Å². The number of rotatable bonds is 4. The fourth-order valence-electron chi connectivity index (χ4n) is 2.45. The molecule has 8 nitrogen and oxygen atoms in total. The number of para-hydroxylation sites is 1. The Morgan fingerprint density at radius 3 is 3.00 bits per heavy atom. The third-order valence-corrected chi connectivity index (χ3v) is 4.17. The predicted octanol–water partition coefficient (Wildman–Crippen LogP) is 2.51. The molecule has 1 aromatic heterocycles. The van der Waals surface area contributed by atoms with Crippen molar-refractivity contribution in [2.24, 2.45) is 0 Å². The summed E-state index contributed by atoms with van der Waals surface area (Å²) < 4.78 is 18.3. The maximum Gasteiger partial charge on any atom is 0.340 e. The van der Waals surface area contributed by atoms with E-state index >= 15 is 0 Å². The van der Waals surface area contributed by atoms with Crippen LogP contribution in [0.4, 0.5) is 0 Å². The highest BCUT2D eigenvalue weighted by molar-refractivity contribution is 9.10. The third-order valence-electron chi connectivity index (χ3n) is 3.58. The Bertz CT molecular complexity index is 930. The SMILES string of the molecule is O=C(OCc1cc(Br)c2c(c1)OCO2)c1ccccc1-n1cnnn1. The van der Waals surface area contributed by atoms with Crippen LogP contribution in [-0.4, -0.2) is 33.0 Å². The highest BCUT2D eigenvalue weighted by Crippen LogP contribution is 2.40. The van der Waals surface area contributed by atoms with Crippen LogP contribution in [0.5, 0.6) is 11.5 Å². The number of benzene rings is 2. The maximum absolute atomic E-state index is 12.5. The van der Waals surface area contributed by atoms with Gasteiger partial charge in [0, 0.05) is 0 Å². The first-order chi connectivity index (χ1) is 12.2. The Labute approximate surface area is 150 Å². The van der Waals surface area contributed by atoms with Crippen LogP contribution in [0.25, 0.3) is 5.69 Å². The second kappa shape index (κ2) is 6.52. The summed E-state index contributed by atoms with van der Waals surface area (Å²) in [6.45, 7) is 0.272. The number of hydrogen-bond acceptors (Lipinski definition) is 7. The van der Waals surface area contributed by atoms with Gasteiger partial charge in [-0.25, -0.2) is 4.79 Å². The summed E-state index contributed by atoms with van der Waals surface area (Å²) in [4.78, 5) is 12.5. The number of aromatic nitrogens is 4. The lowest BCUT2D eigenvalue weighted by molar-refractivity contribution is 0.0472. The van der Waals surface area contributed by atoms with Crippen molar-refractivity contribution in [3.8, 4) is 17.2 Å². The molecule has 0 radical (unpaired) electrons. The molecule has 0 aliphatic carbocycles. The topological polar surface area (TPSA) is 88.4 Å². The number of hydrogen-bond donors (Lipinski definition) is 0. The Morgan fingerprint density at radius 1 is 1.28 bits per heavy atom. The molecule has 0 fully saturated rings. The molecular formula is C16H11BrN4O4. The zero-order valence-corrected chi connectivity index (χ0v) is 14.3. The number of fused-ring (bicyclic) bond motifs is 1. The summed E-state index contributed by atoms with van der Waals surface area (Å²) in [5, 5.41) is 11.0. The van der Waals surface area contributed by atoms with Crippen molar-refractivity contribution in [2.75, 3.05) is 6.79 Å². The van der Waals surface area contributed by atoms with Crippen LogP contribution >= 0.6 is 15.9 Å². The number of nitrogens with zero attached hydrogens (tertiary/aromatic N) is 4. The average Bonchev–Trinajstić information content (AvgIpc) is 3.31. The van der Waals surface area contributed by atoms with Crippen LogP contribution in [-0.2, 0) is 11.3 Å². The lowest BCUT2D eigenvalue weighted by Crippen LogP contribution is -2.10. The zero-order chi connectivity index (χ0) is 17.2. The standard InChI is InChI=1S/C16H11BrN4O4/c17-12-5-10(6-14-15(12)25-9-24-14)7-23-16(22)11-3-1-2-4-13(11)21-8-18-19-20-21/h1-6,8H,7,9H2. The van der Waals surface area contributed by atoms with Crippen molar-refractivity contribution in [3.63, 3.8) is 0 Å². The molecular weight excluding hydrogens is 392 g/mol. The van der Waals surface area contributed by atoms with Crippen molar-refractivity contribution >= 4 is 21.9 Å². The van der Waals surface area contributed by atoms with Gasteiger partial charge in [-0.05, 0) is 56.2 Å². The Kier molecular flexibility index (Phi) is 4.06. The van der Waals surface area contributed by atoms with Crippen LogP contribution in [0, 0.1) is 0 Å². The Hall–Kier alpha value is -2.94. The summed E-state index contributed by atoms with van der Waals surface area (Å²) in [6, 6.07) is 10.6. The fraction of sp³-hybridized carbons (Fsp3) is 0.125. The van der Waals surface area contributed by atoms with Crippen molar-refractivity contribution in [2.45, 2.75) is 6.61 Å². The molecule has 0 saturated carbocycles. The van der Waals surface area contributed by atoms with E-state index in [-0.39, 0.29) is 13.4 Å². The van der Waals surface area contributed by atoms with Crippen molar-refractivity contribution in [1.29, 1.82) is 0 Å². The summed E-state index contributed by atoms with van der Waals surface area (Å²) in [5.41, 5.74) is 1.70. The van der Waals surface area contributed by atoms with E-state index in [0.29, 0.717) is 22.7 Å². The Morgan fingerprint density at radius 2 is 2.16 bits per heavy atom. The molecule has 25 heavy (non-hydrogen) atoms. The van der Waals surface area contributed by atoms with E-state index in [1.807, 2.05) is 6.07 Å². The molecule has 0 saturated heterocycles. The number of ether oxygens (including phenoxy) is 3. The van der Waals surface area contributed by atoms with Gasteiger partial charge >= 0.3 is 5.97 Å². The molecule has 2 heterocycles. The molecule has 0 amide bonds. The summed E-state index contributed by atoms with van der Waals surface area (Å²) in [7, 11) is 0. The number of carbonyl (C=O) groups is 1. The minimum absolute atomic E-state index is 0.0953. The van der Waals surface area contributed by atoms with Gasteiger partial charge in [0.15, 0.2) is 11.5 Å². The van der Waals surface area contributed by atoms with Crippen LogP contribution in [0.2, 0.25) is 0 Å². The average molecular weight is 403 g/mol. The van der Waals surface area contributed by atoms with E-state index in [4.69, 9.17) is 14.2 Å². The number of tetrazole rings is 1. The van der Waals surface area contributed by atoms with E-state index in [0.717, 1.165) is 10.0 Å². The quantitative estimate of drug-likeness (QED) is 0.619. The highest BCUT2D eigenvalue weighted by Gasteiger charge is 2.19. The van der Waals surface area contributed by atoms with Gasteiger partial charge in [0.05, 0.1) is 15.7 Å². The van der Waals surface area contributed by atoms with E-state index in [2.05, 4.69) is 31.5 Å². The lowest BCUT2D eigenvalue weighted by Gasteiger charge is -2.10. The normalized spacial score (nSPS) is 12.2. The van der Waals surface area contributed by atoms with Crippen LogP contribution in [0.3, 0.4) is 0 Å². The van der Waals surface area contributed by atoms with E-state index in [1.54, 1.807) is 30.3 Å². The van der Waals surface area contributed by atoms with Crippen LogP contribution in [0.15, 0.2) is 47.2 Å². The first kappa shape index (κ1) is 15.6. The maximum atomic E-state index is 12.5. The lowest BCUT2D eigenvalue weighted by atomic mass is 10.2. The molecule has 0 atom stereocenters. The molecule has 4 rings (SSSR count). The molecule has 2 aromatic carbocycles. The smallest absolute Gasteiger partial charge is 0.340 e. The van der Waals surface area contributed by atoms with Crippen molar-refractivity contribution in [1.82, 2.24) is 20.2 Å². The van der Waals surface area contributed by atoms with Gasteiger partial charge in [0.1, 0.15) is 12.9 Å². The van der Waals surface area contributed by atoms with E-state index in [1.165, 1.54) is 11.0 Å². The highest BCUT2D eigenvalue weighted by atomic mass is 79.9. The first-order valence-electron chi connectivity index (χ1n) is 7.30. The molecule has 126 valence electrons. The zero-order valence-electron chi connectivity index (χ0n) is 12.8. The van der Waals surface area contributed by atoms with Gasteiger partial charge < -0.3 is 14.2 Å². The predicted molar refractivity (Wildman–Crippen MR) is 88.5 cm³/mol. The first-order valence-corrected chi connectivity index (χ1v) is 8.09. The molecule has 3 aromatic rings. The van der Waals surface area contributed by atoms with E-state index in [9.17, 15) is 4.79 Å². The van der Waals surface area contributed by atoms with E-state index < -0.39 is 5.97 Å². The van der Waals surface area contributed by atoms with Crippen LogP contribution < -0.4 is 9.47 Å². The van der Waals surface area contributed by atoms with Gasteiger partial charge in [-0.3, -0.25) is 0 Å². The van der Waals surface area contributed by atoms with Gasteiger partial charge in [0.25, 0.3) is 0 Å². The molecule has 1 aliphatic rings. The van der Waals surface area contributed by atoms with Gasteiger partial charge in [-0.15, -0.1) is 5.10 Å². The minimum Gasteiger partial charge on any atom is -0.457 e. The summed E-state index contributed by atoms with van der Waals surface area (Å²) >= 11 is 3.42. The molecule has 1 aliphatic heterocycles. The summed E-state index contributed by atoms with van der Waals surface area (Å²) in [6.07, 6.45) is 1.42. The van der Waals surface area contributed by atoms with Gasteiger partial charge in [-0.1, -0.05) is 12.1 Å². The molecule has 0 unspecified atom stereocenters. The minimum atomic E-state index is -0.472. The van der Waals surface area contributed by atoms with Crippen LogP contribution in [0.1, 0.15) is 15.9 Å². The number of carbonyl (C=O) groups excluding carboxylic acids is 1. The van der Waals surface area contributed by atoms with Gasteiger partial charge in [0.2, 0.25) is 6.79 Å². The number of halogens is 1. The third kappa shape index (κ3) is 3.05. The monoisotopic (exact) mass is 402 g/mol. The molecule has 9 heteroatoms. The molecule has 0 spiro atoms.